The molecule has 1 aromatic heterocycles. The maximum Gasteiger partial charge on any atom is 0.228 e. The first-order valence-electron chi connectivity index (χ1n) is 7.34. The van der Waals surface area contributed by atoms with Crippen molar-refractivity contribution in [2.75, 3.05) is 7.11 Å². The van der Waals surface area contributed by atoms with Crippen LogP contribution in [0.2, 0.25) is 0 Å². The van der Waals surface area contributed by atoms with Gasteiger partial charge in [0, 0.05) is 19.6 Å². The number of benzene rings is 1. The van der Waals surface area contributed by atoms with Crippen LogP contribution >= 0.6 is 0 Å². The molecule has 0 aliphatic carbocycles. The smallest absolute Gasteiger partial charge is 0.228 e. The molecule has 2 N–H and O–H groups in total. The lowest BCUT2D eigenvalue weighted by molar-refractivity contribution is -0.0306. The fraction of sp³-hybridized carbons (Fsp3) is 0.500. The van der Waals surface area contributed by atoms with Gasteiger partial charge in [-0.3, -0.25) is 0 Å². The fourth-order valence-corrected chi connectivity index (χ4v) is 2.48. The van der Waals surface area contributed by atoms with Crippen LogP contribution in [0.5, 0.6) is 0 Å². The zero-order valence-corrected chi connectivity index (χ0v) is 12.9. The Balaban J connectivity index is 2.13. The van der Waals surface area contributed by atoms with E-state index < -0.39 is 5.60 Å². The van der Waals surface area contributed by atoms with Gasteiger partial charge in [-0.1, -0.05) is 49.3 Å². The summed E-state index contributed by atoms with van der Waals surface area (Å²) in [5.41, 5.74) is 6.77. The summed E-state index contributed by atoms with van der Waals surface area (Å²) < 4.78 is 11.0. The highest BCUT2D eigenvalue weighted by atomic mass is 16.5. The minimum absolute atomic E-state index is 0.153. The third-order valence-electron chi connectivity index (χ3n) is 4.03. The van der Waals surface area contributed by atoms with E-state index in [4.69, 9.17) is 15.0 Å². The lowest BCUT2D eigenvalue weighted by Crippen LogP contribution is -2.28. The minimum atomic E-state index is -0.474. The van der Waals surface area contributed by atoms with Gasteiger partial charge in [0.25, 0.3) is 0 Å². The number of aromatic nitrogens is 2. The summed E-state index contributed by atoms with van der Waals surface area (Å²) in [6.45, 7) is 4.11. The van der Waals surface area contributed by atoms with E-state index in [1.165, 1.54) is 0 Å². The predicted octanol–water partition coefficient (Wildman–Crippen LogP) is 2.97. The van der Waals surface area contributed by atoms with Crippen molar-refractivity contribution in [3.8, 4) is 0 Å². The monoisotopic (exact) mass is 289 g/mol. The lowest BCUT2D eigenvalue weighted by Gasteiger charge is -2.25. The molecule has 21 heavy (non-hydrogen) atoms. The molecule has 0 aliphatic heterocycles. The highest BCUT2D eigenvalue weighted by molar-refractivity contribution is 5.19. The number of nitrogens with two attached hydrogens (primary N) is 1. The Kier molecular flexibility index (Phi) is 5.09. The van der Waals surface area contributed by atoms with E-state index >= 15 is 0 Å². The first-order chi connectivity index (χ1) is 10.1. The van der Waals surface area contributed by atoms with Gasteiger partial charge < -0.3 is 15.0 Å². The first kappa shape index (κ1) is 15.7. The topological polar surface area (TPSA) is 74.2 Å². The molecule has 2 rings (SSSR count). The maximum atomic E-state index is 6.18. The number of ether oxygens (including phenoxy) is 1. The first-order valence-corrected chi connectivity index (χ1v) is 7.34. The van der Waals surface area contributed by atoms with E-state index in [2.05, 4.69) is 24.0 Å². The van der Waals surface area contributed by atoms with Crippen LogP contribution in [0.3, 0.4) is 0 Å². The van der Waals surface area contributed by atoms with Gasteiger partial charge in [-0.25, -0.2) is 0 Å². The number of nitrogens with zero attached hydrogens (tertiary/aromatic N) is 2. The molecule has 0 radical (unpaired) electrons. The maximum absolute atomic E-state index is 6.18. The van der Waals surface area contributed by atoms with E-state index in [0.717, 1.165) is 18.4 Å². The second kappa shape index (κ2) is 6.83. The third-order valence-corrected chi connectivity index (χ3v) is 4.03. The molecule has 1 heterocycles. The van der Waals surface area contributed by atoms with Crippen molar-refractivity contribution in [1.29, 1.82) is 0 Å². The molecule has 0 fully saturated rings. The number of methoxy groups -OCH3 is 1. The van der Waals surface area contributed by atoms with E-state index in [0.29, 0.717) is 18.1 Å². The second-order valence-electron chi connectivity index (χ2n) is 5.14. The van der Waals surface area contributed by atoms with Gasteiger partial charge in [-0.15, -0.1) is 0 Å². The molecule has 0 amide bonds. The Morgan fingerprint density at radius 2 is 1.90 bits per heavy atom. The fourth-order valence-electron chi connectivity index (χ4n) is 2.48. The molecule has 5 heteroatoms. The normalized spacial score (nSPS) is 13.3. The quantitative estimate of drug-likeness (QED) is 0.848. The summed E-state index contributed by atoms with van der Waals surface area (Å²) in [4.78, 5) is 4.48. The van der Waals surface area contributed by atoms with E-state index in [9.17, 15) is 0 Å². The van der Waals surface area contributed by atoms with Crippen LogP contribution in [0.1, 0.15) is 50.0 Å². The van der Waals surface area contributed by atoms with Crippen molar-refractivity contribution in [3.05, 3.63) is 47.6 Å². The molecule has 0 saturated heterocycles. The van der Waals surface area contributed by atoms with Crippen LogP contribution in [0, 0.1) is 0 Å². The Hall–Kier alpha value is -1.72. The van der Waals surface area contributed by atoms with Gasteiger partial charge in [0.15, 0.2) is 0 Å². The standard InChI is InChI=1S/C16H23N3O2/c1-4-16(5-2,20-3)15-18-14(21-19-15)11-13(17)12-9-7-6-8-10-12/h6-10,13H,4-5,11,17H2,1-3H3. The number of hydrogen-bond donors (Lipinski definition) is 1. The minimum Gasteiger partial charge on any atom is -0.370 e. The van der Waals surface area contributed by atoms with Crippen LogP contribution < -0.4 is 5.73 Å². The SMILES string of the molecule is CCC(CC)(OC)c1noc(CC(N)c2ccccc2)n1. The number of hydrogen-bond acceptors (Lipinski definition) is 5. The molecule has 0 aliphatic rings. The van der Waals surface area contributed by atoms with Gasteiger partial charge in [0.1, 0.15) is 5.60 Å². The summed E-state index contributed by atoms with van der Waals surface area (Å²) in [7, 11) is 1.68. The average Bonchev–Trinajstić information content (AvgIpc) is 2.99. The number of rotatable bonds is 7. The average molecular weight is 289 g/mol. The third kappa shape index (κ3) is 3.31. The molecular formula is C16H23N3O2. The Morgan fingerprint density at radius 3 is 2.48 bits per heavy atom. The Morgan fingerprint density at radius 1 is 1.24 bits per heavy atom. The van der Waals surface area contributed by atoms with Gasteiger partial charge in [0.2, 0.25) is 11.7 Å². The van der Waals surface area contributed by atoms with Gasteiger partial charge in [-0.2, -0.15) is 4.98 Å². The van der Waals surface area contributed by atoms with Crippen LogP contribution in [0.4, 0.5) is 0 Å². The molecule has 0 bridgehead atoms. The van der Waals surface area contributed by atoms with E-state index in [1.807, 2.05) is 30.3 Å². The van der Waals surface area contributed by atoms with E-state index in [1.54, 1.807) is 7.11 Å². The summed E-state index contributed by atoms with van der Waals surface area (Å²) in [5, 5.41) is 4.08. The van der Waals surface area contributed by atoms with Crippen molar-refractivity contribution in [2.45, 2.75) is 44.8 Å². The highest BCUT2D eigenvalue weighted by Gasteiger charge is 2.33. The lowest BCUT2D eigenvalue weighted by atomic mass is 9.96. The Bertz CT molecular complexity index is 541. The molecule has 1 unspecified atom stereocenters. The summed E-state index contributed by atoms with van der Waals surface area (Å²) in [5.74, 6) is 1.15. The summed E-state index contributed by atoms with van der Waals surface area (Å²) in [6, 6.07) is 9.76. The predicted molar refractivity (Wildman–Crippen MR) is 80.6 cm³/mol. The molecule has 1 atom stereocenters. The summed E-state index contributed by atoms with van der Waals surface area (Å²) in [6.07, 6.45) is 2.11. The molecule has 114 valence electrons. The van der Waals surface area contributed by atoms with Gasteiger partial charge in [-0.05, 0) is 18.4 Å². The van der Waals surface area contributed by atoms with Crippen molar-refractivity contribution < 1.29 is 9.26 Å². The highest BCUT2D eigenvalue weighted by Crippen LogP contribution is 2.30. The molecule has 1 aromatic carbocycles. The molecule has 0 spiro atoms. The molecule has 2 aromatic rings. The van der Waals surface area contributed by atoms with Gasteiger partial charge in [0.05, 0.1) is 0 Å². The largest absolute Gasteiger partial charge is 0.370 e. The van der Waals surface area contributed by atoms with Crippen molar-refractivity contribution in [1.82, 2.24) is 10.1 Å². The molecule has 0 saturated carbocycles. The van der Waals surface area contributed by atoms with Crippen LogP contribution in [-0.4, -0.2) is 17.3 Å². The zero-order valence-electron chi connectivity index (χ0n) is 12.9. The summed E-state index contributed by atoms with van der Waals surface area (Å²) >= 11 is 0. The molecular weight excluding hydrogens is 266 g/mol. The van der Waals surface area contributed by atoms with Crippen LogP contribution in [-0.2, 0) is 16.8 Å². The van der Waals surface area contributed by atoms with Crippen LogP contribution in [0.15, 0.2) is 34.9 Å². The Labute approximate surface area is 125 Å². The molecule has 5 nitrogen and oxygen atoms in total. The second-order valence-corrected chi connectivity index (χ2v) is 5.14. The van der Waals surface area contributed by atoms with Crippen molar-refractivity contribution >= 4 is 0 Å². The van der Waals surface area contributed by atoms with E-state index in [-0.39, 0.29) is 6.04 Å². The zero-order chi connectivity index (χ0) is 15.3. The van der Waals surface area contributed by atoms with Crippen LogP contribution in [0.25, 0.3) is 0 Å². The van der Waals surface area contributed by atoms with Crippen molar-refractivity contribution in [2.24, 2.45) is 5.73 Å². The van der Waals surface area contributed by atoms with Gasteiger partial charge >= 0.3 is 0 Å². The van der Waals surface area contributed by atoms with Crippen molar-refractivity contribution in [3.63, 3.8) is 0 Å².